The standard InChI is InChI=1S/C13H16FN5O4S/c14-2-7-17-12(15)8-4(13(16)23)1-5(19(8)18-7)11-10(22)9(21)6(3-20)24-11/h1,6,9-11,20-22H,2-3H2,(H2,16,23)(H2,15,17,18)/t6-,9-,10-,11+/m1/s1. The molecule has 0 saturated carbocycles. The summed E-state index contributed by atoms with van der Waals surface area (Å²) in [6.07, 6.45) is -2.37. The fourth-order valence-corrected chi connectivity index (χ4v) is 4.21. The number of halogens is 1. The van der Waals surface area contributed by atoms with Gasteiger partial charge in [0.05, 0.1) is 40.6 Å². The van der Waals surface area contributed by atoms with E-state index >= 15 is 0 Å². The Hall–Kier alpha value is -1.95. The smallest absolute Gasteiger partial charge is 0.251 e. The Balaban J connectivity index is 2.21. The number of amides is 1. The molecule has 7 N–H and O–H groups in total. The number of primary amides is 1. The maximum absolute atomic E-state index is 12.9. The van der Waals surface area contributed by atoms with Crippen LogP contribution in [0, 0.1) is 0 Å². The molecule has 4 atom stereocenters. The molecule has 130 valence electrons. The zero-order chi connectivity index (χ0) is 17.6. The van der Waals surface area contributed by atoms with Crippen molar-refractivity contribution in [3.8, 4) is 0 Å². The number of nitrogen functional groups attached to an aromatic ring is 1. The number of aromatic nitrogens is 3. The number of anilines is 1. The molecule has 0 radical (unpaired) electrons. The highest BCUT2D eigenvalue weighted by Crippen LogP contribution is 2.46. The van der Waals surface area contributed by atoms with Crippen molar-refractivity contribution in [3.63, 3.8) is 0 Å². The van der Waals surface area contributed by atoms with E-state index in [2.05, 4.69) is 10.1 Å². The molecule has 9 nitrogen and oxygen atoms in total. The molecule has 0 unspecified atom stereocenters. The summed E-state index contributed by atoms with van der Waals surface area (Å²) in [7, 11) is 0. The molecule has 1 amide bonds. The van der Waals surface area contributed by atoms with Gasteiger partial charge < -0.3 is 26.8 Å². The molecule has 0 aromatic carbocycles. The van der Waals surface area contributed by atoms with E-state index in [1.165, 1.54) is 10.6 Å². The molecule has 2 aromatic heterocycles. The van der Waals surface area contributed by atoms with E-state index in [1.807, 2.05) is 0 Å². The lowest BCUT2D eigenvalue weighted by molar-refractivity contribution is 0.0192. The number of alkyl halides is 1. The van der Waals surface area contributed by atoms with Crippen LogP contribution in [0.3, 0.4) is 0 Å². The second-order valence-electron chi connectivity index (χ2n) is 5.41. The van der Waals surface area contributed by atoms with Gasteiger partial charge in [0.2, 0.25) is 0 Å². The number of hydrogen-bond acceptors (Lipinski definition) is 8. The third-order valence-electron chi connectivity index (χ3n) is 3.93. The summed E-state index contributed by atoms with van der Waals surface area (Å²) in [5.74, 6) is -1.09. The number of fused-ring (bicyclic) bond motifs is 1. The van der Waals surface area contributed by atoms with Crippen LogP contribution in [0.2, 0.25) is 0 Å². The molecule has 1 fully saturated rings. The number of hydrogen-bond donors (Lipinski definition) is 5. The summed E-state index contributed by atoms with van der Waals surface area (Å²) in [4.78, 5) is 15.5. The minimum Gasteiger partial charge on any atom is -0.395 e. The largest absolute Gasteiger partial charge is 0.395 e. The van der Waals surface area contributed by atoms with Gasteiger partial charge >= 0.3 is 0 Å². The molecule has 2 aromatic rings. The van der Waals surface area contributed by atoms with Crippen LogP contribution in [0.15, 0.2) is 6.07 Å². The number of aliphatic hydroxyl groups excluding tert-OH is 3. The number of nitrogens with two attached hydrogens (primary N) is 2. The van der Waals surface area contributed by atoms with Gasteiger partial charge in [-0.1, -0.05) is 0 Å². The highest BCUT2D eigenvalue weighted by Gasteiger charge is 2.44. The Labute approximate surface area is 139 Å². The first kappa shape index (κ1) is 16.9. The topological polar surface area (TPSA) is 160 Å². The van der Waals surface area contributed by atoms with Gasteiger partial charge in [0.15, 0.2) is 18.3 Å². The Bertz CT molecular complexity index is 800. The van der Waals surface area contributed by atoms with Gasteiger partial charge in [-0.15, -0.1) is 16.9 Å². The van der Waals surface area contributed by atoms with Crippen molar-refractivity contribution in [2.75, 3.05) is 12.3 Å². The molecule has 1 aliphatic rings. The number of nitrogens with zero attached hydrogens (tertiary/aromatic N) is 3. The third-order valence-corrected chi connectivity index (χ3v) is 5.52. The zero-order valence-corrected chi connectivity index (χ0v) is 13.1. The monoisotopic (exact) mass is 357 g/mol. The van der Waals surface area contributed by atoms with Crippen molar-refractivity contribution < 1.29 is 24.5 Å². The predicted octanol–water partition coefficient (Wildman–Crippen LogP) is -1.25. The van der Waals surface area contributed by atoms with E-state index in [1.54, 1.807) is 0 Å². The van der Waals surface area contributed by atoms with Crippen molar-refractivity contribution in [1.82, 2.24) is 14.6 Å². The maximum atomic E-state index is 12.9. The summed E-state index contributed by atoms with van der Waals surface area (Å²) in [5.41, 5.74) is 11.6. The zero-order valence-electron chi connectivity index (χ0n) is 12.3. The highest BCUT2D eigenvalue weighted by molar-refractivity contribution is 8.00. The summed E-state index contributed by atoms with van der Waals surface area (Å²) in [6, 6.07) is 1.39. The molecule has 3 heterocycles. The van der Waals surface area contributed by atoms with Gasteiger partial charge in [-0.25, -0.2) is 13.9 Å². The van der Waals surface area contributed by atoms with Crippen LogP contribution in [0.4, 0.5) is 10.2 Å². The average molecular weight is 357 g/mol. The lowest BCUT2D eigenvalue weighted by Crippen LogP contribution is -2.32. The normalized spacial score (nSPS) is 27.0. The van der Waals surface area contributed by atoms with Gasteiger partial charge in [0, 0.05) is 0 Å². The Morgan fingerprint density at radius 3 is 2.67 bits per heavy atom. The Morgan fingerprint density at radius 1 is 1.42 bits per heavy atom. The molecule has 0 aliphatic carbocycles. The summed E-state index contributed by atoms with van der Waals surface area (Å²) < 4.78 is 14.2. The van der Waals surface area contributed by atoms with E-state index < -0.39 is 35.3 Å². The fourth-order valence-electron chi connectivity index (χ4n) is 2.80. The van der Waals surface area contributed by atoms with Crippen LogP contribution >= 0.6 is 11.8 Å². The molecular formula is C13H16FN5O4S. The predicted molar refractivity (Wildman–Crippen MR) is 83.9 cm³/mol. The fraction of sp³-hybridized carbons (Fsp3) is 0.462. The number of thioether (sulfide) groups is 1. The molecule has 1 aliphatic heterocycles. The summed E-state index contributed by atoms with van der Waals surface area (Å²) in [5, 5.41) is 32.2. The van der Waals surface area contributed by atoms with E-state index in [4.69, 9.17) is 11.5 Å². The van der Waals surface area contributed by atoms with Crippen LogP contribution in [0.1, 0.15) is 27.1 Å². The molecular weight excluding hydrogens is 341 g/mol. The second-order valence-corrected chi connectivity index (χ2v) is 6.80. The third kappa shape index (κ3) is 2.49. The van der Waals surface area contributed by atoms with Crippen molar-refractivity contribution >= 4 is 29.0 Å². The molecule has 11 heteroatoms. The van der Waals surface area contributed by atoms with E-state index in [-0.39, 0.29) is 29.3 Å². The van der Waals surface area contributed by atoms with Crippen LogP contribution in [0.25, 0.3) is 5.52 Å². The lowest BCUT2D eigenvalue weighted by Gasteiger charge is -2.15. The number of carbonyl (C=O) groups excluding carboxylic acids is 1. The van der Waals surface area contributed by atoms with E-state index in [9.17, 15) is 24.5 Å². The number of carbonyl (C=O) groups is 1. The molecule has 0 bridgehead atoms. The van der Waals surface area contributed by atoms with Crippen molar-refractivity contribution in [2.45, 2.75) is 29.4 Å². The summed E-state index contributed by atoms with van der Waals surface area (Å²) in [6.45, 7) is -1.30. The molecule has 24 heavy (non-hydrogen) atoms. The minimum absolute atomic E-state index is 0.0302. The summed E-state index contributed by atoms with van der Waals surface area (Å²) >= 11 is 1.12. The minimum atomic E-state index is -1.21. The van der Waals surface area contributed by atoms with Gasteiger partial charge in [-0.3, -0.25) is 4.79 Å². The lowest BCUT2D eigenvalue weighted by atomic mass is 10.1. The van der Waals surface area contributed by atoms with Crippen molar-refractivity contribution in [3.05, 3.63) is 23.1 Å². The van der Waals surface area contributed by atoms with Crippen molar-refractivity contribution in [2.24, 2.45) is 5.73 Å². The van der Waals surface area contributed by atoms with Gasteiger partial charge in [-0.05, 0) is 6.07 Å². The first-order valence-corrected chi connectivity index (χ1v) is 7.99. The first-order valence-electron chi connectivity index (χ1n) is 7.05. The van der Waals surface area contributed by atoms with Gasteiger partial charge in [0.1, 0.15) is 5.52 Å². The quantitative estimate of drug-likeness (QED) is 0.454. The molecule has 3 rings (SSSR count). The van der Waals surface area contributed by atoms with Crippen molar-refractivity contribution in [1.29, 1.82) is 0 Å². The van der Waals surface area contributed by atoms with Crippen LogP contribution < -0.4 is 11.5 Å². The highest BCUT2D eigenvalue weighted by atomic mass is 32.2. The first-order chi connectivity index (χ1) is 11.4. The van der Waals surface area contributed by atoms with Crippen LogP contribution in [-0.4, -0.2) is 59.9 Å². The SMILES string of the molecule is NC(=O)c1cc([C@@H]2S[C@H](CO)[C@@H](O)[C@H]2O)n2nc(CF)nc(N)c12. The average Bonchev–Trinajstić information content (AvgIpc) is 3.07. The second kappa shape index (κ2) is 6.16. The maximum Gasteiger partial charge on any atom is 0.251 e. The molecule has 1 saturated heterocycles. The van der Waals surface area contributed by atoms with Gasteiger partial charge in [0.25, 0.3) is 5.91 Å². The Morgan fingerprint density at radius 2 is 2.12 bits per heavy atom. The van der Waals surface area contributed by atoms with E-state index in [0.717, 1.165) is 11.8 Å². The number of rotatable bonds is 4. The van der Waals surface area contributed by atoms with Gasteiger partial charge in [-0.2, -0.15) is 0 Å². The number of aliphatic hydroxyl groups is 3. The van der Waals surface area contributed by atoms with Crippen LogP contribution in [-0.2, 0) is 6.67 Å². The Kier molecular flexibility index (Phi) is 4.34. The van der Waals surface area contributed by atoms with E-state index in [0.29, 0.717) is 5.69 Å². The molecule has 0 spiro atoms. The van der Waals surface area contributed by atoms with Crippen LogP contribution in [0.5, 0.6) is 0 Å².